The lowest BCUT2D eigenvalue weighted by Crippen LogP contribution is -2.40. The third-order valence-electron chi connectivity index (χ3n) is 2.95. The first-order chi connectivity index (χ1) is 10.3. The number of benzene rings is 1. The van der Waals surface area contributed by atoms with Crippen molar-refractivity contribution in [1.29, 1.82) is 0 Å². The maximum absolute atomic E-state index is 12.1. The molecule has 4 N–H and O–H groups in total. The zero-order chi connectivity index (χ0) is 16.6. The van der Waals surface area contributed by atoms with E-state index in [1.54, 1.807) is 6.07 Å². The number of unbranched alkanes of at least 4 members (excludes halogenated alkanes) is 1. The molecule has 0 atom stereocenters. The lowest BCUT2D eigenvalue weighted by atomic mass is 10.1. The van der Waals surface area contributed by atoms with Gasteiger partial charge in [0.05, 0.1) is 6.54 Å². The highest BCUT2D eigenvalue weighted by atomic mass is 127. The third-order valence-corrected chi connectivity index (χ3v) is 2.95. The van der Waals surface area contributed by atoms with Gasteiger partial charge in [0, 0.05) is 17.6 Å². The molecule has 130 valence electrons. The topological polar surface area (TPSA) is 79.5 Å². The van der Waals surface area contributed by atoms with Crippen LogP contribution in [0.5, 0.6) is 0 Å². The SMILES string of the molecule is CCCCNC(N)=NCc1cccc(C(=O)NC(C)(C)C)c1.I. The second kappa shape index (κ2) is 10.5. The minimum atomic E-state index is -0.251. The highest BCUT2D eigenvalue weighted by Gasteiger charge is 2.15. The summed E-state index contributed by atoms with van der Waals surface area (Å²) in [6.45, 7) is 9.30. The van der Waals surface area contributed by atoms with Crippen molar-refractivity contribution in [2.45, 2.75) is 52.6 Å². The van der Waals surface area contributed by atoms with E-state index in [-0.39, 0.29) is 35.4 Å². The van der Waals surface area contributed by atoms with Crippen LogP contribution in [-0.2, 0) is 6.54 Å². The first-order valence-electron chi connectivity index (χ1n) is 7.77. The Balaban J connectivity index is 0.00000484. The minimum absolute atomic E-state index is 0. The molecule has 1 amide bonds. The predicted molar refractivity (Wildman–Crippen MR) is 107 cm³/mol. The fourth-order valence-corrected chi connectivity index (χ4v) is 1.85. The summed E-state index contributed by atoms with van der Waals surface area (Å²) in [5.41, 5.74) is 7.15. The van der Waals surface area contributed by atoms with Crippen LogP contribution >= 0.6 is 24.0 Å². The van der Waals surface area contributed by atoms with Crippen LogP contribution in [-0.4, -0.2) is 24.0 Å². The number of rotatable bonds is 6. The van der Waals surface area contributed by atoms with Gasteiger partial charge in [0.2, 0.25) is 0 Å². The number of guanidine groups is 1. The summed E-state index contributed by atoms with van der Waals surface area (Å²) in [6, 6.07) is 7.46. The number of carbonyl (C=O) groups is 1. The van der Waals surface area contributed by atoms with Crippen molar-refractivity contribution in [3.63, 3.8) is 0 Å². The minimum Gasteiger partial charge on any atom is -0.370 e. The van der Waals surface area contributed by atoms with Gasteiger partial charge < -0.3 is 16.4 Å². The van der Waals surface area contributed by atoms with Crippen LogP contribution in [0.4, 0.5) is 0 Å². The number of nitrogens with zero attached hydrogens (tertiary/aromatic N) is 1. The van der Waals surface area contributed by atoms with Crippen molar-refractivity contribution in [2.75, 3.05) is 6.54 Å². The van der Waals surface area contributed by atoms with Gasteiger partial charge in [0.1, 0.15) is 0 Å². The monoisotopic (exact) mass is 432 g/mol. The Bertz CT molecular complexity index is 524. The average molecular weight is 432 g/mol. The Morgan fingerprint density at radius 1 is 1.30 bits per heavy atom. The molecule has 23 heavy (non-hydrogen) atoms. The number of hydrogen-bond acceptors (Lipinski definition) is 2. The fourth-order valence-electron chi connectivity index (χ4n) is 1.85. The molecule has 0 saturated carbocycles. The summed E-state index contributed by atoms with van der Waals surface area (Å²) in [5, 5.41) is 6.02. The smallest absolute Gasteiger partial charge is 0.251 e. The quantitative estimate of drug-likeness (QED) is 0.280. The number of aliphatic imine (C=N–C) groups is 1. The van der Waals surface area contributed by atoms with E-state index in [0.717, 1.165) is 24.9 Å². The van der Waals surface area contributed by atoms with Gasteiger partial charge >= 0.3 is 0 Å². The van der Waals surface area contributed by atoms with E-state index >= 15 is 0 Å². The summed E-state index contributed by atoms with van der Waals surface area (Å²) < 4.78 is 0. The molecule has 1 aromatic carbocycles. The van der Waals surface area contributed by atoms with E-state index in [1.807, 2.05) is 39.0 Å². The first-order valence-corrected chi connectivity index (χ1v) is 7.77. The second-order valence-electron chi connectivity index (χ2n) is 6.39. The number of carbonyl (C=O) groups excluding carboxylic acids is 1. The van der Waals surface area contributed by atoms with E-state index in [1.165, 1.54) is 0 Å². The van der Waals surface area contributed by atoms with E-state index in [0.29, 0.717) is 18.1 Å². The number of amides is 1. The van der Waals surface area contributed by atoms with Crippen molar-refractivity contribution in [3.05, 3.63) is 35.4 Å². The van der Waals surface area contributed by atoms with Gasteiger partial charge in [0.25, 0.3) is 5.91 Å². The Kier molecular flexibility index (Phi) is 9.87. The molecule has 0 aliphatic heterocycles. The molecule has 1 rings (SSSR count). The lowest BCUT2D eigenvalue weighted by Gasteiger charge is -2.20. The highest BCUT2D eigenvalue weighted by Crippen LogP contribution is 2.09. The zero-order valence-electron chi connectivity index (χ0n) is 14.5. The molecule has 0 saturated heterocycles. The molecule has 5 nitrogen and oxygen atoms in total. The van der Waals surface area contributed by atoms with Gasteiger partial charge in [-0.1, -0.05) is 25.5 Å². The van der Waals surface area contributed by atoms with E-state index in [4.69, 9.17) is 5.73 Å². The Labute approximate surface area is 156 Å². The van der Waals surface area contributed by atoms with Crippen molar-refractivity contribution in [2.24, 2.45) is 10.7 Å². The largest absolute Gasteiger partial charge is 0.370 e. The Hall–Kier alpha value is -1.31. The number of nitrogens with one attached hydrogen (secondary N) is 2. The number of hydrogen-bond donors (Lipinski definition) is 3. The lowest BCUT2D eigenvalue weighted by molar-refractivity contribution is 0.0919. The van der Waals surface area contributed by atoms with Crippen LogP contribution in [0.3, 0.4) is 0 Å². The van der Waals surface area contributed by atoms with Crippen LogP contribution in [0, 0.1) is 0 Å². The molecular formula is C17H29IN4O. The molecule has 0 radical (unpaired) electrons. The van der Waals surface area contributed by atoms with Gasteiger partial charge in [-0.15, -0.1) is 24.0 Å². The third kappa shape index (κ3) is 9.43. The number of nitrogens with two attached hydrogens (primary N) is 1. The average Bonchev–Trinajstić information content (AvgIpc) is 2.44. The van der Waals surface area contributed by atoms with Gasteiger partial charge in [-0.25, -0.2) is 4.99 Å². The van der Waals surface area contributed by atoms with Crippen LogP contribution in [0.25, 0.3) is 0 Å². The Morgan fingerprint density at radius 2 is 2.00 bits per heavy atom. The Morgan fingerprint density at radius 3 is 2.61 bits per heavy atom. The molecule has 1 aromatic rings. The summed E-state index contributed by atoms with van der Waals surface area (Å²) in [6.07, 6.45) is 2.18. The molecular weight excluding hydrogens is 403 g/mol. The van der Waals surface area contributed by atoms with Crippen molar-refractivity contribution in [3.8, 4) is 0 Å². The predicted octanol–water partition coefficient (Wildman–Crippen LogP) is 3.04. The molecule has 0 bridgehead atoms. The van der Waals surface area contributed by atoms with Crippen molar-refractivity contribution >= 4 is 35.8 Å². The van der Waals surface area contributed by atoms with E-state index in [2.05, 4.69) is 22.5 Å². The van der Waals surface area contributed by atoms with Gasteiger partial charge in [0.15, 0.2) is 5.96 Å². The van der Waals surface area contributed by atoms with Crippen LogP contribution in [0.15, 0.2) is 29.3 Å². The molecule has 6 heteroatoms. The van der Waals surface area contributed by atoms with E-state index < -0.39 is 0 Å². The molecule has 0 fully saturated rings. The molecule has 0 spiro atoms. The van der Waals surface area contributed by atoms with Crippen LogP contribution in [0.1, 0.15) is 56.5 Å². The van der Waals surface area contributed by atoms with E-state index in [9.17, 15) is 4.79 Å². The van der Waals surface area contributed by atoms with Gasteiger partial charge in [-0.3, -0.25) is 4.79 Å². The zero-order valence-corrected chi connectivity index (χ0v) is 16.8. The molecule has 0 unspecified atom stereocenters. The van der Waals surface area contributed by atoms with Gasteiger partial charge in [-0.2, -0.15) is 0 Å². The van der Waals surface area contributed by atoms with Crippen LogP contribution < -0.4 is 16.4 Å². The summed E-state index contributed by atoms with van der Waals surface area (Å²) in [7, 11) is 0. The van der Waals surface area contributed by atoms with Crippen molar-refractivity contribution in [1.82, 2.24) is 10.6 Å². The maximum atomic E-state index is 12.1. The maximum Gasteiger partial charge on any atom is 0.251 e. The standard InChI is InChI=1S/C17H28N4O.HI/c1-5-6-10-19-16(18)20-12-13-8-7-9-14(11-13)15(22)21-17(2,3)4;/h7-9,11H,5-6,10,12H2,1-4H3,(H,21,22)(H3,18,19,20);1H. The molecule has 0 aliphatic carbocycles. The second-order valence-corrected chi connectivity index (χ2v) is 6.39. The highest BCUT2D eigenvalue weighted by molar-refractivity contribution is 14.0. The molecule has 0 aromatic heterocycles. The summed E-state index contributed by atoms with van der Waals surface area (Å²) in [5.74, 6) is 0.366. The molecule has 0 aliphatic rings. The van der Waals surface area contributed by atoms with Crippen molar-refractivity contribution < 1.29 is 4.79 Å². The van der Waals surface area contributed by atoms with Gasteiger partial charge in [-0.05, 0) is 44.9 Å². The van der Waals surface area contributed by atoms with Crippen LogP contribution in [0.2, 0.25) is 0 Å². The first kappa shape index (κ1) is 21.7. The molecule has 0 heterocycles. The normalized spacial score (nSPS) is 11.6. The summed E-state index contributed by atoms with van der Waals surface area (Å²) >= 11 is 0. The number of halogens is 1. The fraction of sp³-hybridized carbons (Fsp3) is 0.529. The summed E-state index contributed by atoms with van der Waals surface area (Å²) in [4.78, 5) is 16.4.